The molecule has 0 spiro atoms. The molecule has 0 bridgehead atoms. The lowest BCUT2D eigenvalue weighted by Crippen LogP contribution is -2.11. The van der Waals surface area contributed by atoms with Gasteiger partial charge in [-0.05, 0) is 59.7 Å². The number of nitrogens with one attached hydrogen (secondary N) is 1. The van der Waals surface area contributed by atoms with Crippen molar-refractivity contribution in [3.8, 4) is 11.3 Å². The van der Waals surface area contributed by atoms with Crippen LogP contribution in [-0.4, -0.2) is 25.6 Å². The highest BCUT2D eigenvalue weighted by Crippen LogP contribution is 2.30. The molecule has 2 aromatic heterocycles. The van der Waals surface area contributed by atoms with Crippen molar-refractivity contribution in [3.05, 3.63) is 99.5 Å². The number of nitrogens with zero attached hydrogens (tertiary/aromatic N) is 2. The van der Waals surface area contributed by atoms with Crippen LogP contribution in [0.5, 0.6) is 0 Å². The minimum Gasteiger partial charge on any atom is -0.481 e. The average molecular weight is 481 g/mol. The van der Waals surface area contributed by atoms with Gasteiger partial charge in [-0.1, -0.05) is 42.5 Å². The molecule has 36 heavy (non-hydrogen) atoms. The van der Waals surface area contributed by atoms with Crippen molar-refractivity contribution >= 4 is 27.9 Å². The quantitative estimate of drug-likeness (QED) is 0.347. The number of aliphatic carboxylic acids is 1. The topological polar surface area (TPSA) is 114 Å². The number of hydrogen-bond donors (Lipinski definition) is 3. The zero-order valence-corrected chi connectivity index (χ0v) is 20.1. The van der Waals surface area contributed by atoms with Gasteiger partial charge in [0.2, 0.25) is 0 Å². The van der Waals surface area contributed by atoms with Gasteiger partial charge in [-0.3, -0.25) is 9.59 Å². The Bertz CT molecular complexity index is 1640. The largest absolute Gasteiger partial charge is 0.481 e. The third-order valence-corrected chi connectivity index (χ3v) is 6.53. The summed E-state index contributed by atoms with van der Waals surface area (Å²) in [6.07, 6.45) is 5.38. The average Bonchev–Trinajstić information content (AvgIpc) is 3.46. The first-order valence-electron chi connectivity index (χ1n) is 12.0. The number of aromatic nitrogens is 3. The number of carbonyl (C=O) groups is 1. The Morgan fingerprint density at radius 2 is 1.78 bits per heavy atom. The normalized spacial score (nSPS) is 12.4. The Morgan fingerprint density at radius 3 is 2.56 bits per heavy atom. The highest BCUT2D eigenvalue weighted by molar-refractivity contribution is 5.96. The maximum atomic E-state index is 13.1. The number of carboxylic acid groups (broad SMARTS) is 1. The lowest BCUT2D eigenvalue weighted by atomic mass is 10.1. The summed E-state index contributed by atoms with van der Waals surface area (Å²) in [5, 5.41) is 8.45. The SMILES string of the molecule is CC(=O)O.NCc1cccc(Cn2cc(-c3nc4cc5c(cc4[nH]c3=O)CCC5)c3ccccc32)c1. The van der Waals surface area contributed by atoms with Crippen molar-refractivity contribution < 1.29 is 9.90 Å². The fourth-order valence-corrected chi connectivity index (χ4v) is 4.96. The molecule has 1 aliphatic carbocycles. The number of para-hydroxylation sites is 1. The van der Waals surface area contributed by atoms with Crippen molar-refractivity contribution in [1.29, 1.82) is 0 Å². The number of benzene rings is 3. The van der Waals surface area contributed by atoms with Gasteiger partial charge in [0.1, 0.15) is 5.69 Å². The second-order valence-electron chi connectivity index (χ2n) is 9.14. The van der Waals surface area contributed by atoms with Crippen LogP contribution in [-0.2, 0) is 30.7 Å². The fraction of sp³-hybridized carbons (Fsp3) is 0.207. The van der Waals surface area contributed by atoms with E-state index in [-0.39, 0.29) is 5.56 Å². The molecule has 0 saturated carbocycles. The smallest absolute Gasteiger partial charge is 0.300 e. The van der Waals surface area contributed by atoms with Gasteiger partial charge in [-0.25, -0.2) is 4.98 Å². The molecule has 7 nitrogen and oxygen atoms in total. The highest BCUT2D eigenvalue weighted by Gasteiger charge is 2.18. The van der Waals surface area contributed by atoms with Gasteiger partial charge in [-0.2, -0.15) is 0 Å². The standard InChI is InChI=1S/C27H24N4O.C2H4O2/c28-14-17-5-3-6-18(11-17)15-31-16-22(21-9-1-2-10-25(21)31)26-27(32)30-24-13-20-8-4-7-19(20)12-23(24)29-26;1-2(3)4/h1-3,5-6,9-13,16H,4,7-8,14-15,28H2,(H,30,32);1H3,(H,3,4). The van der Waals surface area contributed by atoms with Crippen LogP contribution in [0, 0.1) is 0 Å². The monoisotopic (exact) mass is 480 g/mol. The van der Waals surface area contributed by atoms with Crippen molar-refractivity contribution in [2.75, 3.05) is 0 Å². The zero-order chi connectivity index (χ0) is 25.2. The van der Waals surface area contributed by atoms with Gasteiger partial charge in [0.05, 0.1) is 11.0 Å². The molecule has 0 amide bonds. The molecule has 4 N–H and O–H groups in total. The predicted octanol–water partition coefficient (Wildman–Crippen LogP) is 4.63. The number of carboxylic acids is 1. The number of fused-ring (bicyclic) bond motifs is 3. The summed E-state index contributed by atoms with van der Waals surface area (Å²) in [6, 6.07) is 20.8. The molecule has 1 aliphatic rings. The lowest BCUT2D eigenvalue weighted by Gasteiger charge is -2.07. The van der Waals surface area contributed by atoms with Gasteiger partial charge >= 0.3 is 0 Å². The number of aromatic amines is 1. The molecule has 0 atom stereocenters. The van der Waals surface area contributed by atoms with E-state index < -0.39 is 5.97 Å². The Hall–Kier alpha value is -4.23. The van der Waals surface area contributed by atoms with Crippen LogP contribution in [0.4, 0.5) is 0 Å². The van der Waals surface area contributed by atoms with Crippen LogP contribution in [0.2, 0.25) is 0 Å². The molecular formula is C29H28N4O3. The van der Waals surface area contributed by atoms with Crippen molar-refractivity contribution in [2.24, 2.45) is 5.73 Å². The molecule has 7 heteroatoms. The molecule has 0 saturated heterocycles. The lowest BCUT2D eigenvalue weighted by molar-refractivity contribution is -0.134. The molecule has 0 aliphatic heterocycles. The van der Waals surface area contributed by atoms with Crippen molar-refractivity contribution in [3.63, 3.8) is 0 Å². The first-order valence-corrected chi connectivity index (χ1v) is 12.0. The van der Waals surface area contributed by atoms with Gasteiger partial charge in [0, 0.05) is 42.7 Å². The van der Waals surface area contributed by atoms with Crippen LogP contribution in [0.15, 0.2) is 71.7 Å². The van der Waals surface area contributed by atoms with E-state index in [1.54, 1.807) is 0 Å². The maximum absolute atomic E-state index is 13.1. The third-order valence-electron chi connectivity index (χ3n) is 6.53. The Kier molecular flexibility index (Phi) is 6.40. The summed E-state index contributed by atoms with van der Waals surface area (Å²) in [5.74, 6) is -0.833. The van der Waals surface area contributed by atoms with Crippen molar-refractivity contribution in [2.45, 2.75) is 39.3 Å². The van der Waals surface area contributed by atoms with E-state index in [2.05, 4.69) is 52.1 Å². The third kappa shape index (κ3) is 4.65. The fourth-order valence-electron chi connectivity index (χ4n) is 4.96. The van der Waals surface area contributed by atoms with Crippen molar-refractivity contribution in [1.82, 2.24) is 14.5 Å². The van der Waals surface area contributed by atoms with Gasteiger partial charge in [0.15, 0.2) is 0 Å². The molecule has 0 unspecified atom stereocenters. The molecule has 182 valence electrons. The Balaban J connectivity index is 0.000000623. The summed E-state index contributed by atoms with van der Waals surface area (Å²) in [7, 11) is 0. The van der Waals surface area contributed by atoms with E-state index >= 15 is 0 Å². The molecule has 6 rings (SSSR count). The van der Waals surface area contributed by atoms with E-state index in [9.17, 15) is 4.79 Å². The Labute approximate surface area is 208 Å². The second-order valence-corrected chi connectivity index (χ2v) is 9.14. The number of hydrogen-bond acceptors (Lipinski definition) is 4. The first kappa shape index (κ1) is 23.5. The zero-order valence-electron chi connectivity index (χ0n) is 20.1. The number of aryl methyl sites for hydroxylation is 2. The van der Waals surface area contributed by atoms with Crippen LogP contribution in [0.25, 0.3) is 33.2 Å². The molecule has 5 aromatic rings. The number of nitrogens with two attached hydrogens (primary N) is 1. The van der Waals surface area contributed by atoms with Gasteiger partial charge in [-0.15, -0.1) is 0 Å². The molecule has 2 heterocycles. The van der Waals surface area contributed by atoms with E-state index in [4.69, 9.17) is 20.6 Å². The number of H-pyrrole nitrogens is 1. The summed E-state index contributed by atoms with van der Waals surface area (Å²) in [6.45, 7) is 2.30. The van der Waals surface area contributed by atoms with E-state index in [1.165, 1.54) is 23.1 Å². The van der Waals surface area contributed by atoms with E-state index in [0.29, 0.717) is 18.8 Å². The van der Waals surface area contributed by atoms with Crippen LogP contribution in [0.1, 0.15) is 35.6 Å². The second kappa shape index (κ2) is 9.79. The van der Waals surface area contributed by atoms with Gasteiger partial charge in [0.25, 0.3) is 11.5 Å². The van der Waals surface area contributed by atoms with Crippen LogP contribution >= 0.6 is 0 Å². The van der Waals surface area contributed by atoms with E-state index in [0.717, 1.165) is 52.8 Å². The molecule has 0 fully saturated rings. The predicted molar refractivity (Wildman–Crippen MR) is 142 cm³/mol. The van der Waals surface area contributed by atoms with Gasteiger partial charge < -0.3 is 20.4 Å². The first-order chi connectivity index (χ1) is 17.4. The highest BCUT2D eigenvalue weighted by atomic mass is 16.4. The summed E-state index contributed by atoms with van der Waals surface area (Å²) in [5.41, 5.74) is 14.7. The summed E-state index contributed by atoms with van der Waals surface area (Å²) >= 11 is 0. The van der Waals surface area contributed by atoms with E-state index in [1.807, 2.05) is 24.3 Å². The van der Waals surface area contributed by atoms with Crippen LogP contribution in [0.3, 0.4) is 0 Å². The molecule has 3 aromatic carbocycles. The molecule has 0 radical (unpaired) electrons. The summed E-state index contributed by atoms with van der Waals surface area (Å²) < 4.78 is 2.19. The summed E-state index contributed by atoms with van der Waals surface area (Å²) in [4.78, 5) is 30.0. The van der Waals surface area contributed by atoms with Crippen LogP contribution < -0.4 is 11.3 Å². The number of rotatable bonds is 4. The maximum Gasteiger partial charge on any atom is 0.300 e. The minimum atomic E-state index is -0.833. The Morgan fingerprint density at radius 1 is 1.06 bits per heavy atom. The molecular weight excluding hydrogens is 452 g/mol. The minimum absolute atomic E-state index is 0.150.